The monoisotopic (exact) mass is 483 g/mol. The molecule has 33 heavy (non-hydrogen) atoms. The Kier molecular flexibility index (Phi) is 6.57. The Morgan fingerprint density at radius 3 is 2.82 bits per heavy atom. The Morgan fingerprint density at radius 1 is 1.27 bits per heavy atom. The number of allylic oxidation sites excluding steroid dienone is 1. The summed E-state index contributed by atoms with van der Waals surface area (Å²) in [5.74, 6) is -0.586. The van der Waals surface area contributed by atoms with Crippen molar-refractivity contribution in [3.8, 4) is 0 Å². The number of nitrogens with two attached hydrogens (primary N) is 1. The van der Waals surface area contributed by atoms with Crippen LogP contribution in [-0.4, -0.2) is 28.9 Å². The lowest BCUT2D eigenvalue weighted by atomic mass is 9.96. The molecule has 0 aliphatic rings. The second kappa shape index (κ2) is 9.55. The highest BCUT2D eigenvalue weighted by molar-refractivity contribution is 7.93. The van der Waals surface area contributed by atoms with Crippen molar-refractivity contribution in [3.05, 3.63) is 82.8 Å². The van der Waals surface area contributed by atoms with E-state index in [1.54, 1.807) is 6.07 Å². The van der Waals surface area contributed by atoms with Gasteiger partial charge in [-0.05, 0) is 42.6 Å². The highest BCUT2D eigenvalue weighted by Gasteiger charge is 2.19. The summed E-state index contributed by atoms with van der Waals surface area (Å²) in [7, 11) is -3.91. The van der Waals surface area contributed by atoms with Gasteiger partial charge in [-0.25, -0.2) is 18.2 Å². The highest BCUT2D eigenvalue weighted by atomic mass is 32.2. The molecule has 11 heteroatoms. The summed E-state index contributed by atoms with van der Waals surface area (Å²) in [5.41, 5.74) is 12.0. The quantitative estimate of drug-likeness (QED) is 0.349. The van der Waals surface area contributed by atoms with Crippen LogP contribution in [0.25, 0.3) is 16.7 Å². The van der Waals surface area contributed by atoms with Gasteiger partial charge < -0.3 is 10.2 Å². The van der Waals surface area contributed by atoms with Crippen LogP contribution in [0.2, 0.25) is 0 Å². The van der Waals surface area contributed by atoms with Crippen LogP contribution < -0.4 is 16.2 Å². The molecule has 9 nitrogen and oxygen atoms in total. The van der Waals surface area contributed by atoms with Gasteiger partial charge in [0, 0.05) is 23.2 Å². The number of benzene rings is 2. The van der Waals surface area contributed by atoms with Crippen LogP contribution in [0, 0.1) is 0 Å². The zero-order valence-electron chi connectivity index (χ0n) is 17.5. The standard InChI is InChI=1S/C22H21N5O4S2/c1-2-15(7-5-11-23)18-8-4-3-6-16(18)13-27-19-10-9-17(12-20(19)31-22(27)28)33(29,30)26-21-24-14-25-32-21/h3-4,6,8-10,12,14H,1,5,7,11,13,23H2,(H,24,25,26). The Bertz CT molecular complexity index is 1500. The summed E-state index contributed by atoms with van der Waals surface area (Å²) < 4.78 is 38.2. The van der Waals surface area contributed by atoms with Crippen molar-refractivity contribution in [1.29, 1.82) is 0 Å². The number of hydrogen-bond acceptors (Lipinski definition) is 8. The largest absolute Gasteiger partial charge is 0.420 e. The van der Waals surface area contributed by atoms with Gasteiger partial charge in [0.15, 0.2) is 5.58 Å². The molecule has 0 bridgehead atoms. The summed E-state index contributed by atoms with van der Waals surface area (Å²) in [6.07, 6.45) is 2.77. The topological polar surface area (TPSA) is 133 Å². The molecule has 3 N–H and O–H groups in total. The van der Waals surface area contributed by atoms with Crippen LogP contribution in [0.1, 0.15) is 24.0 Å². The first-order chi connectivity index (χ1) is 15.9. The molecule has 2 heterocycles. The second-order valence-electron chi connectivity index (χ2n) is 7.14. The first kappa shape index (κ1) is 22.7. The van der Waals surface area contributed by atoms with Crippen molar-refractivity contribution >= 4 is 43.4 Å². The fourth-order valence-corrected chi connectivity index (χ4v) is 5.15. The van der Waals surface area contributed by atoms with Crippen molar-refractivity contribution in [2.45, 2.75) is 24.3 Å². The van der Waals surface area contributed by atoms with E-state index in [1.807, 2.05) is 24.3 Å². The summed E-state index contributed by atoms with van der Waals surface area (Å²) in [5, 5.41) is 0.145. The molecule has 2 aromatic heterocycles. The summed E-state index contributed by atoms with van der Waals surface area (Å²) in [6.45, 7) is 4.59. The predicted molar refractivity (Wildman–Crippen MR) is 128 cm³/mol. The molecule has 170 valence electrons. The van der Waals surface area contributed by atoms with E-state index in [0.29, 0.717) is 12.1 Å². The van der Waals surface area contributed by atoms with Gasteiger partial charge in [-0.15, -0.1) is 5.73 Å². The van der Waals surface area contributed by atoms with Gasteiger partial charge in [0.1, 0.15) is 6.33 Å². The van der Waals surface area contributed by atoms with Crippen LogP contribution >= 0.6 is 11.5 Å². The average Bonchev–Trinajstić information content (AvgIpc) is 3.42. The average molecular weight is 484 g/mol. The molecular weight excluding hydrogens is 462 g/mol. The van der Waals surface area contributed by atoms with Crippen molar-refractivity contribution in [3.63, 3.8) is 0 Å². The molecule has 0 radical (unpaired) electrons. The van der Waals surface area contributed by atoms with Crippen LogP contribution in [0.3, 0.4) is 0 Å². The number of rotatable bonds is 9. The minimum Gasteiger partial charge on any atom is -0.408 e. The summed E-state index contributed by atoms with van der Waals surface area (Å²) in [6, 6.07) is 12.0. The minimum atomic E-state index is -3.91. The van der Waals surface area contributed by atoms with E-state index >= 15 is 0 Å². The molecule has 4 aromatic rings. The number of sulfonamides is 1. The Morgan fingerprint density at radius 2 is 2.09 bits per heavy atom. The number of nitrogens with one attached hydrogen (secondary N) is 1. The summed E-state index contributed by atoms with van der Waals surface area (Å²) >= 11 is 0.919. The van der Waals surface area contributed by atoms with E-state index in [4.69, 9.17) is 10.2 Å². The number of aromatic nitrogens is 3. The summed E-state index contributed by atoms with van der Waals surface area (Å²) in [4.78, 5) is 16.4. The third kappa shape index (κ3) is 4.81. The third-order valence-electron chi connectivity index (χ3n) is 5.05. The first-order valence-electron chi connectivity index (χ1n) is 10.0. The smallest absolute Gasteiger partial charge is 0.408 e. The number of nitrogens with zero attached hydrogens (tertiary/aromatic N) is 3. The molecule has 0 saturated carbocycles. The maximum Gasteiger partial charge on any atom is 0.420 e. The van der Waals surface area contributed by atoms with E-state index in [-0.39, 0.29) is 22.2 Å². The number of oxazole rings is 1. The van der Waals surface area contributed by atoms with E-state index in [2.05, 4.69) is 26.4 Å². The fraction of sp³-hybridized carbons (Fsp3) is 0.182. The molecule has 0 spiro atoms. The minimum absolute atomic E-state index is 0.0508. The highest BCUT2D eigenvalue weighted by Crippen LogP contribution is 2.25. The maximum absolute atomic E-state index is 12.6. The fourth-order valence-electron chi connectivity index (χ4n) is 3.48. The van der Waals surface area contributed by atoms with Crippen molar-refractivity contribution in [1.82, 2.24) is 13.9 Å². The van der Waals surface area contributed by atoms with Crippen molar-refractivity contribution in [2.24, 2.45) is 5.73 Å². The van der Waals surface area contributed by atoms with Crippen molar-refractivity contribution < 1.29 is 12.8 Å². The number of fused-ring (bicyclic) bond motifs is 1. The van der Waals surface area contributed by atoms with Gasteiger partial charge in [-0.2, -0.15) is 4.37 Å². The van der Waals surface area contributed by atoms with E-state index in [9.17, 15) is 13.2 Å². The lowest BCUT2D eigenvalue weighted by Gasteiger charge is -2.12. The van der Waals surface area contributed by atoms with Crippen LogP contribution in [0.4, 0.5) is 5.13 Å². The normalized spacial score (nSPS) is 11.4. The Hall–Kier alpha value is -3.50. The third-order valence-corrected chi connectivity index (χ3v) is 7.09. The molecule has 0 saturated heterocycles. The Labute approximate surface area is 194 Å². The molecule has 0 fully saturated rings. The molecule has 0 aliphatic carbocycles. The van der Waals surface area contributed by atoms with Crippen LogP contribution in [0.5, 0.6) is 0 Å². The SMILES string of the molecule is C=C=C(CCCN)c1ccccc1Cn1c(=O)oc2cc(S(=O)(=O)Nc3ncns3)ccc21. The van der Waals surface area contributed by atoms with Gasteiger partial charge in [-0.1, -0.05) is 30.8 Å². The van der Waals surface area contributed by atoms with Gasteiger partial charge in [0.25, 0.3) is 10.0 Å². The number of hydrogen-bond donors (Lipinski definition) is 2. The van der Waals surface area contributed by atoms with E-state index in [0.717, 1.165) is 41.1 Å². The van der Waals surface area contributed by atoms with E-state index in [1.165, 1.54) is 23.0 Å². The van der Waals surface area contributed by atoms with Crippen LogP contribution in [-0.2, 0) is 16.6 Å². The molecule has 0 atom stereocenters. The maximum atomic E-state index is 12.6. The Balaban J connectivity index is 1.69. The molecule has 0 aliphatic heterocycles. The van der Waals surface area contributed by atoms with Gasteiger partial charge >= 0.3 is 5.76 Å². The van der Waals surface area contributed by atoms with Gasteiger partial charge in [0.05, 0.1) is 17.0 Å². The zero-order chi connectivity index (χ0) is 23.4. The number of anilines is 1. The van der Waals surface area contributed by atoms with Crippen molar-refractivity contribution in [2.75, 3.05) is 11.3 Å². The second-order valence-corrected chi connectivity index (χ2v) is 9.60. The molecule has 0 unspecified atom stereocenters. The van der Waals surface area contributed by atoms with E-state index < -0.39 is 15.8 Å². The zero-order valence-corrected chi connectivity index (χ0v) is 19.2. The van der Waals surface area contributed by atoms with Gasteiger partial charge in [-0.3, -0.25) is 9.29 Å². The molecular formula is C22H21N5O4S2. The van der Waals surface area contributed by atoms with Gasteiger partial charge in [0.2, 0.25) is 5.13 Å². The molecule has 2 aromatic carbocycles. The van der Waals surface area contributed by atoms with Crippen LogP contribution in [0.15, 0.2) is 75.2 Å². The molecule has 4 rings (SSSR count). The molecule has 0 amide bonds. The first-order valence-corrected chi connectivity index (χ1v) is 12.3. The lowest BCUT2D eigenvalue weighted by molar-refractivity contribution is 0.517. The predicted octanol–water partition coefficient (Wildman–Crippen LogP) is 3.20. The lowest BCUT2D eigenvalue weighted by Crippen LogP contribution is -2.16.